The molecule has 0 aliphatic rings. The van der Waals surface area contributed by atoms with Gasteiger partial charge in [-0.1, -0.05) is 46.7 Å². The molecule has 0 fully saturated rings. The third-order valence-corrected chi connectivity index (χ3v) is 3.69. The normalized spacial score (nSPS) is 13.5. The number of rotatable bonds is 0. The Morgan fingerprint density at radius 1 is 1.00 bits per heavy atom. The summed E-state index contributed by atoms with van der Waals surface area (Å²) in [6, 6.07) is 4.14. The van der Waals surface area contributed by atoms with Crippen LogP contribution >= 0.6 is 0 Å². The molecule has 0 atom stereocenters. The number of nitrogens with zero attached hydrogens (tertiary/aromatic N) is 1. The molecule has 3 heteroatoms. The summed E-state index contributed by atoms with van der Waals surface area (Å²) in [6.07, 6.45) is 1.75. The molecular weight excluding hydrogens is 250 g/mol. The highest BCUT2D eigenvalue weighted by molar-refractivity contribution is 6.05. The van der Waals surface area contributed by atoms with Crippen molar-refractivity contribution in [3.63, 3.8) is 0 Å². The van der Waals surface area contributed by atoms with Gasteiger partial charge >= 0.3 is 0 Å². The van der Waals surface area contributed by atoms with Gasteiger partial charge < -0.3 is 8.94 Å². The quantitative estimate of drug-likeness (QED) is 0.566. The van der Waals surface area contributed by atoms with Crippen molar-refractivity contribution in [2.24, 2.45) is 0 Å². The fourth-order valence-corrected chi connectivity index (χ4v) is 2.68. The average Bonchev–Trinajstić information content (AvgIpc) is 2.91. The minimum absolute atomic E-state index is 0.0327. The van der Waals surface area contributed by atoms with E-state index in [4.69, 9.17) is 8.94 Å². The van der Waals surface area contributed by atoms with Crippen LogP contribution < -0.4 is 0 Å². The molecule has 2 heterocycles. The largest absolute Gasteiger partial charge is 0.463 e. The predicted molar refractivity (Wildman–Crippen MR) is 81.2 cm³/mol. The topological polar surface area (TPSA) is 39.2 Å². The Kier molecular flexibility index (Phi) is 2.56. The summed E-state index contributed by atoms with van der Waals surface area (Å²) in [5, 5.41) is 6.44. The highest BCUT2D eigenvalue weighted by atomic mass is 16.5. The Morgan fingerprint density at radius 2 is 1.70 bits per heavy atom. The van der Waals surface area contributed by atoms with Crippen LogP contribution in [0, 0.1) is 0 Å². The fraction of sp³-hybridized carbons (Fsp3) is 0.471. The van der Waals surface area contributed by atoms with E-state index in [9.17, 15) is 0 Å². The first-order chi connectivity index (χ1) is 9.19. The maximum Gasteiger partial charge on any atom is 0.171 e. The molecular formula is C17H21NO2. The molecule has 0 amide bonds. The van der Waals surface area contributed by atoms with Crippen LogP contribution in [0.25, 0.3) is 21.9 Å². The molecule has 106 valence electrons. The van der Waals surface area contributed by atoms with E-state index in [1.807, 2.05) is 6.07 Å². The van der Waals surface area contributed by atoms with E-state index in [2.05, 4.69) is 52.8 Å². The molecule has 3 nitrogen and oxygen atoms in total. The summed E-state index contributed by atoms with van der Waals surface area (Å²) in [6.45, 7) is 13.0. The van der Waals surface area contributed by atoms with Crippen LogP contribution in [0.1, 0.15) is 52.8 Å². The molecule has 3 aromatic rings. The van der Waals surface area contributed by atoms with E-state index in [1.54, 1.807) is 6.26 Å². The molecule has 1 aromatic carbocycles. The van der Waals surface area contributed by atoms with E-state index < -0.39 is 0 Å². The Bertz CT molecular complexity index is 779. The molecule has 0 saturated carbocycles. The van der Waals surface area contributed by atoms with Gasteiger partial charge in [0.2, 0.25) is 0 Å². The van der Waals surface area contributed by atoms with Crippen molar-refractivity contribution in [2.45, 2.75) is 52.4 Å². The highest BCUT2D eigenvalue weighted by Crippen LogP contribution is 2.40. The van der Waals surface area contributed by atoms with E-state index in [0.717, 1.165) is 27.6 Å². The van der Waals surface area contributed by atoms with Gasteiger partial charge in [-0.2, -0.15) is 0 Å². The van der Waals surface area contributed by atoms with Crippen molar-refractivity contribution in [1.29, 1.82) is 0 Å². The summed E-state index contributed by atoms with van der Waals surface area (Å²) in [5.74, 6) is 0. The van der Waals surface area contributed by atoms with Gasteiger partial charge in [0, 0.05) is 10.8 Å². The Labute approximate surface area is 118 Å². The first kappa shape index (κ1) is 13.2. The number of hydrogen-bond acceptors (Lipinski definition) is 3. The minimum Gasteiger partial charge on any atom is -0.463 e. The smallest absolute Gasteiger partial charge is 0.171 e. The molecule has 0 aliphatic heterocycles. The van der Waals surface area contributed by atoms with Gasteiger partial charge in [-0.15, -0.1) is 0 Å². The Balaban J connectivity index is 2.47. The van der Waals surface area contributed by atoms with E-state index in [-0.39, 0.29) is 10.8 Å². The number of aromatic nitrogens is 1. The van der Waals surface area contributed by atoms with Crippen molar-refractivity contribution in [1.82, 2.24) is 5.16 Å². The van der Waals surface area contributed by atoms with Gasteiger partial charge in [0.1, 0.15) is 11.3 Å². The monoisotopic (exact) mass is 271 g/mol. The molecule has 2 aromatic heterocycles. The molecule has 0 radical (unpaired) electrons. The highest BCUT2D eigenvalue weighted by Gasteiger charge is 2.28. The van der Waals surface area contributed by atoms with Crippen LogP contribution in [0.5, 0.6) is 0 Å². The zero-order chi connectivity index (χ0) is 14.7. The number of furan rings is 1. The van der Waals surface area contributed by atoms with Crippen molar-refractivity contribution in [3.8, 4) is 0 Å². The lowest BCUT2D eigenvalue weighted by atomic mass is 9.83. The molecule has 0 spiro atoms. The minimum atomic E-state index is -0.0752. The van der Waals surface area contributed by atoms with Crippen LogP contribution in [0.3, 0.4) is 0 Å². The van der Waals surface area contributed by atoms with Crippen molar-refractivity contribution >= 4 is 21.9 Å². The summed E-state index contributed by atoms with van der Waals surface area (Å²) in [5.41, 5.74) is 3.83. The fourth-order valence-electron chi connectivity index (χ4n) is 2.68. The first-order valence-electron chi connectivity index (χ1n) is 7.00. The SMILES string of the molecule is CC(C)(C)c1cc2onc(C(C)(C)C)c2c2occc12. The maximum absolute atomic E-state index is 5.76. The molecule has 3 rings (SSSR count). The van der Waals surface area contributed by atoms with Crippen LogP contribution in [0.4, 0.5) is 0 Å². The van der Waals surface area contributed by atoms with Gasteiger partial charge in [-0.05, 0) is 23.1 Å². The van der Waals surface area contributed by atoms with Crippen LogP contribution in [-0.2, 0) is 10.8 Å². The zero-order valence-electron chi connectivity index (χ0n) is 13.0. The Morgan fingerprint density at radius 3 is 2.30 bits per heavy atom. The number of fused-ring (bicyclic) bond motifs is 3. The third kappa shape index (κ3) is 1.84. The van der Waals surface area contributed by atoms with Gasteiger partial charge in [0.15, 0.2) is 5.58 Å². The third-order valence-electron chi connectivity index (χ3n) is 3.69. The zero-order valence-corrected chi connectivity index (χ0v) is 13.0. The first-order valence-corrected chi connectivity index (χ1v) is 7.00. The molecule has 20 heavy (non-hydrogen) atoms. The predicted octanol–water partition coefficient (Wildman–Crippen LogP) is 5.17. The van der Waals surface area contributed by atoms with Crippen LogP contribution in [-0.4, -0.2) is 5.16 Å². The molecule has 0 N–H and O–H groups in total. The van der Waals surface area contributed by atoms with E-state index in [1.165, 1.54) is 5.56 Å². The summed E-state index contributed by atoms with van der Waals surface area (Å²) >= 11 is 0. The van der Waals surface area contributed by atoms with Gasteiger partial charge in [-0.3, -0.25) is 0 Å². The maximum atomic E-state index is 5.76. The molecule has 0 unspecified atom stereocenters. The van der Waals surface area contributed by atoms with E-state index in [0.29, 0.717) is 0 Å². The Hall–Kier alpha value is -1.77. The van der Waals surface area contributed by atoms with Gasteiger partial charge in [0.25, 0.3) is 0 Å². The summed E-state index contributed by atoms with van der Waals surface area (Å²) < 4.78 is 11.3. The number of hydrogen-bond donors (Lipinski definition) is 0. The van der Waals surface area contributed by atoms with Gasteiger partial charge in [-0.25, -0.2) is 0 Å². The second-order valence-electron chi connectivity index (χ2n) is 7.49. The molecule has 0 bridgehead atoms. The van der Waals surface area contributed by atoms with Gasteiger partial charge in [0.05, 0.1) is 11.6 Å². The lowest BCUT2D eigenvalue weighted by molar-refractivity contribution is 0.419. The van der Waals surface area contributed by atoms with E-state index >= 15 is 0 Å². The lowest BCUT2D eigenvalue weighted by Gasteiger charge is -2.20. The summed E-state index contributed by atoms with van der Waals surface area (Å²) in [7, 11) is 0. The standard InChI is InChI=1S/C17H21NO2/c1-16(2,3)11-9-12-13(14-10(11)7-8-19-14)15(18-20-12)17(4,5)6/h7-9H,1-6H3. The van der Waals surface area contributed by atoms with Crippen molar-refractivity contribution in [2.75, 3.05) is 0 Å². The molecule has 0 aliphatic carbocycles. The second kappa shape index (κ2) is 3.87. The van der Waals surface area contributed by atoms with Crippen molar-refractivity contribution in [3.05, 3.63) is 29.7 Å². The van der Waals surface area contributed by atoms with Crippen LogP contribution in [0.15, 0.2) is 27.3 Å². The lowest BCUT2D eigenvalue weighted by Crippen LogP contribution is -2.13. The number of benzene rings is 1. The second-order valence-corrected chi connectivity index (χ2v) is 7.49. The summed E-state index contributed by atoms with van der Waals surface area (Å²) in [4.78, 5) is 0. The average molecular weight is 271 g/mol. The molecule has 0 saturated heterocycles. The van der Waals surface area contributed by atoms with Crippen LogP contribution in [0.2, 0.25) is 0 Å². The van der Waals surface area contributed by atoms with Crippen molar-refractivity contribution < 1.29 is 8.94 Å².